The first-order chi connectivity index (χ1) is 8.42. The monoisotopic (exact) mass is 256 g/mol. The van der Waals surface area contributed by atoms with E-state index in [9.17, 15) is 0 Å². The molecule has 0 spiro atoms. The lowest BCUT2D eigenvalue weighted by atomic mass is 10.0. The molecule has 2 atom stereocenters. The third kappa shape index (κ3) is 7.38. The van der Waals surface area contributed by atoms with E-state index in [1.54, 1.807) is 0 Å². The van der Waals surface area contributed by atoms with E-state index >= 15 is 0 Å². The molecule has 0 aliphatic carbocycles. The summed E-state index contributed by atoms with van der Waals surface area (Å²) in [5.41, 5.74) is 0. The van der Waals surface area contributed by atoms with Gasteiger partial charge in [0.2, 0.25) is 0 Å². The molecule has 0 aliphatic rings. The first kappa shape index (κ1) is 17.9. The molecule has 110 valence electrons. The van der Waals surface area contributed by atoms with Gasteiger partial charge < -0.3 is 5.32 Å². The van der Waals surface area contributed by atoms with Crippen LogP contribution in [0, 0.1) is 11.8 Å². The van der Waals surface area contributed by atoms with Gasteiger partial charge in [0.25, 0.3) is 0 Å². The minimum absolute atomic E-state index is 0.627. The zero-order chi connectivity index (χ0) is 14.1. The summed E-state index contributed by atoms with van der Waals surface area (Å²) in [5, 5.41) is 3.70. The van der Waals surface area contributed by atoms with Crippen molar-refractivity contribution in [3.8, 4) is 0 Å². The van der Waals surface area contributed by atoms with Crippen LogP contribution < -0.4 is 5.32 Å². The van der Waals surface area contributed by atoms with Crippen LogP contribution in [0.25, 0.3) is 0 Å². The van der Waals surface area contributed by atoms with E-state index in [2.05, 4.69) is 58.7 Å². The quantitative estimate of drug-likeness (QED) is 0.640. The number of nitrogens with zero attached hydrogens (tertiary/aromatic N) is 1. The Balaban J connectivity index is 4.52. The Morgan fingerprint density at radius 2 is 1.39 bits per heavy atom. The molecule has 2 heteroatoms. The van der Waals surface area contributed by atoms with E-state index in [0.717, 1.165) is 18.4 Å². The summed E-state index contributed by atoms with van der Waals surface area (Å²) in [6, 6.07) is 1.26. The predicted molar refractivity (Wildman–Crippen MR) is 83.1 cm³/mol. The van der Waals surface area contributed by atoms with Crippen LogP contribution in [0.1, 0.15) is 61.3 Å². The maximum absolute atomic E-state index is 3.70. The van der Waals surface area contributed by atoms with Crippen LogP contribution in [-0.4, -0.2) is 36.6 Å². The molecule has 2 unspecified atom stereocenters. The molecule has 1 N–H and O–H groups in total. The SMILES string of the molecule is CCCNC(CC)C(C)N(CC(C)C)CC(C)C. The number of hydrogen-bond acceptors (Lipinski definition) is 2. The van der Waals surface area contributed by atoms with E-state index < -0.39 is 0 Å². The van der Waals surface area contributed by atoms with Gasteiger partial charge in [0.15, 0.2) is 0 Å². The van der Waals surface area contributed by atoms with Crippen LogP contribution in [0.15, 0.2) is 0 Å². The average Bonchev–Trinajstić information content (AvgIpc) is 2.27. The molecule has 18 heavy (non-hydrogen) atoms. The second-order valence-electron chi connectivity index (χ2n) is 6.45. The Morgan fingerprint density at radius 3 is 1.72 bits per heavy atom. The molecule has 2 nitrogen and oxygen atoms in total. The molecule has 0 amide bonds. The number of nitrogens with one attached hydrogen (secondary N) is 1. The third-order valence-electron chi connectivity index (χ3n) is 3.45. The van der Waals surface area contributed by atoms with Crippen molar-refractivity contribution in [2.24, 2.45) is 11.8 Å². The summed E-state index contributed by atoms with van der Waals surface area (Å²) in [5.74, 6) is 1.49. The van der Waals surface area contributed by atoms with Crippen LogP contribution in [0.2, 0.25) is 0 Å². The summed E-state index contributed by atoms with van der Waals surface area (Å²) < 4.78 is 0. The minimum Gasteiger partial charge on any atom is -0.312 e. The Hall–Kier alpha value is -0.0800. The van der Waals surface area contributed by atoms with Gasteiger partial charge in [0.1, 0.15) is 0 Å². The molecule has 0 aromatic carbocycles. The minimum atomic E-state index is 0.627. The second-order valence-corrected chi connectivity index (χ2v) is 6.45. The first-order valence-corrected chi connectivity index (χ1v) is 7.89. The van der Waals surface area contributed by atoms with E-state index in [-0.39, 0.29) is 0 Å². The van der Waals surface area contributed by atoms with Crippen molar-refractivity contribution >= 4 is 0 Å². The molecule has 0 saturated heterocycles. The molecule has 0 saturated carbocycles. The molecular weight excluding hydrogens is 220 g/mol. The molecule has 0 bridgehead atoms. The van der Waals surface area contributed by atoms with Gasteiger partial charge in [0.05, 0.1) is 0 Å². The first-order valence-electron chi connectivity index (χ1n) is 7.89. The van der Waals surface area contributed by atoms with Crippen molar-refractivity contribution in [1.82, 2.24) is 10.2 Å². The zero-order valence-corrected chi connectivity index (χ0v) is 13.8. The second kappa shape index (κ2) is 9.80. The Kier molecular flexibility index (Phi) is 9.76. The Morgan fingerprint density at radius 1 is 0.889 bits per heavy atom. The van der Waals surface area contributed by atoms with Gasteiger partial charge in [-0.05, 0) is 38.1 Å². The lowest BCUT2D eigenvalue weighted by Gasteiger charge is -2.37. The number of hydrogen-bond donors (Lipinski definition) is 1. The van der Waals surface area contributed by atoms with E-state index in [0.29, 0.717) is 12.1 Å². The van der Waals surface area contributed by atoms with E-state index in [4.69, 9.17) is 0 Å². The van der Waals surface area contributed by atoms with Gasteiger partial charge in [-0.1, -0.05) is 41.5 Å². The number of rotatable bonds is 10. The molecule has 0 aliphatic heterocycles. The smallest absolute Gasteiger partial charge is 0.0221 e. The summed E-state index contributed by atoms with van der Waals surface area (Å²) in [7, 11) is 0. The fraction of sp³-hybridized carbons (Fsp3) is 1.00. The highest BCUT2D eigenvalue weighted by molar-refractivity contribution is 4.81. The Bertz CT molecular complexity index is 180. The van der Waals surface area contributed by atoms with E-state index in [1.165, 1.54) is 25.9 Å². The molecule has 0 fully saturated rings. The lowest BCUT2D eigenvalue weighted by Crippen LogP contribution is -2.50. The molecule has 0 aromatic heterocycles. The molecule has 0 heterocycles. The summed E-state index contributed by atoms with van der Waals surface area (Å²) in [6.45, 7) is 19.8. The van der Waals surface area contributed by atoms with Gasteiger partial charge in [-0.2, -0.15) is 0 Å². The predicted octanol–water partition coefficient (Wildman–Crippen LogP) is 3.77. The van der Waals surface area contributed by atoms with Gasteiger partial charge in [-0.25, -0.2) is 0 Å². The maximum atomic E-state index is 3.70. The van der Waals surface area contributed by atoms with Gasteiger partial charge in [-0.3, -0.25) is 4.90 Å². The van der Waals surface area contributed by atoms with Crippen LogP contribution in [0.5, 0.6) is 0 Å². The fourth-order valence-electron chi connectivity index (χ4n) is 2.59. The van der Waals surface area contributed by atoms with Crippen molar-refractivity contribution in [3.05, 3.63) is 0 Å². The highest BCUT2D eigenvalue weighted by atomic mass is 15.2. The normalized spacial score (nSPS) is 15.7. The molecular formula is C16H36N2. The van der Waals surface area contributed by atoms with Gasteiger partial charge >= 0.3 is 0 Å². The molecule has 0 radical (unpaired) electrons. The average molecular weight is 256 g/mol. The van der Waals surface area contributed by atoms with Crippen molar-refractivity contribution in [1.29, 1.82) is 0 Å². The van der Waals surface area contributed by atoms with Crippen LogP contribution in [-0.2, 0) is 0 Å². The van der Waals surface area contributed by atoms with Crippen molar-refractivity contribution in [3.63, 3.8) is 0 Å². The van der Waals surface area contributed by atoms with Gasteiger partial charge in [0, 0.05) is 25.2 Å². The lowest BCUT2D eigenvalue weighted by molar-refractivity contribution is 0.133. The zero-order valence-electron chi connectivity index (χ0n) is 13.8. The van der Waals surface area contributed by atoms with Crippen molar-refractivity contribution in [2.45, 2.75) is 73.4 Å². The molecule has 0 aromatic rings. The van der Waals surface area contributed by atoms with Crippen LogP contribution in [0.3, 0.4) is 0 Å². The third-order valence-corrected chi connectivity index (χ3v) is 3.45. The topological polar surface area (TPSA) is 15.3 Å². The largest absolute Gasteiger partial charge is 0.312 e. The molecule has 0 rings (SSSR count). The van der Waals surface area contributed by atoms with E-state index in [1.807, 2.05) is 0 Å². The summed E-state index contributed by atoms with van der Waals surface area (Å²) in [4.78, 5) is 2.67. The maximum Gasteiger partial charge on any atom is 0.0221 e. The highest BCUT2D eigenvalue weighted by Crippen LogP contribution is 2.13. The highest BCUT2D eigenvalue weighted by Gasteiger charge is 2.22. The standard InChI is InChI=1S/C16H36N2/c1-8-10-17-16(9-2)15(7)18(11-13(3)4)12-14(5)6/h13-17H,8-12H2,1-7H3. The Labute approximate surface area is 116 Å². The van der Waals surface area contributed by atoms with Crippen molar-refractivity contribution < 1.29 is 0 Å². The van der Waals surface area contributed by atoms with Crippen LogP contribution in [0.4, 0.5) is 0 Å². The van der Waals surface area contributed by atoms with Crippen molar-refractivity contribution in [2.75, 3.05) is 19.6 Å². The summed E-state index contributed by atoms with van der Waals surface area (Å²) >= 11 is 0. The van der Waals surface area contributed by atoms with Crippen LogP contribution >= 0.6 is 0 Å². The van der Waals surface area contributed by atoms with Gasteiger partial charge in [-0.15, -0.1) is 0 Å². The summed E-state index contributed by atoms with van der Waals surface area (Å²) in [6.07, 6.45) is 2.44. The fourth-order valence-corrected chi connectivity index (χ4v) is 2.59.